The SMILES string of the molecule is CCOc1ccc2c(c1)CC(NCCCCO)C(=O)N2c1ccc2c(c1)[C@@](O)([C@H](C)/C=C/CCn1cc(C(CO)c3ccccc3)nn1)C(=O)N2c1ccccc1. The molecule has 3 heterocycles. The second-order valence-corrected chi connectivity index (χ2v) is 14.5. The van der Waals surface area contributed by atoms with Gasteiger partial charge in [0, 0.05) is 42.2 Å². The fourth-order valence-electron chi connectivity index (χ4n) is 7.84. The summed E-state index contributed by atoms with van der Waals surface area (Å²) in [6, 6.07) is 29.5. The number of unbranched alkanes of at least 4 members (excludes halogenated alkanes) is 1. The highest BCUT2D eigenvalue weighted by molar-refractivity contribution is 6.13. The number of carbonyl (C=O) groups excluding carboxylic acids is 2. The molecule has 4 N–H and O–H groups in total. The molecule has 2 aliphatic heterocycles. The summed E-state index contributed by atoms with van der Waals surface area (Å²) >= 11 is 0. The molecule has 5 aromatic rings. The highest BCUT2D eigenvalue weighted by Gasteiger charge is 2.53. The average Bonchev–Trinajstić information content (AvgIpc) is 3.79. The monoisotopic (exact) mass is 770 g/mol. The number of aromatic nitrogens is 3. The van der Waals surface area contributed by atoms with Gasteiger partial charge in [0.2, 0.25) is 5.91 Å². The van der Waals surface area contributed by atoms with Gasteiger partial charge in [-0.25, -0.2) is 0 Å². The Bertz CT molecular complexity index is 2190. The van der Waals surface area contributed by atoms with E-state index in [2.05, 4.69) is 15.6 Å². The lowest BCUT2D eigenvalue weighted by Crippen LogP contribution is -2.49. The highest BCUT2D eigenvalue weighted by Crippen LogP contribution is 2.50. The van der Waals surface area contributed by atoms with Crippen molar-refractivity contribution in [2.45, 2.75) is 63.6 Å². The zero-order valence-corrected chi connectivity index (χ0v) is 32.4. The number of allylic oxidation sites excluding steroid dienone is 1. The number of benzene rings is 4. The fraction of sp³-hybridized carbons (Fsp3) is 0.333. The van der Waals surface area contributed by atoms with E-state index in [4.69, 9.17) is 4.74 Å². The molecule has 0 aliphatic carbocycles. The topological polar surface area (TPSA) is 153 Å². The number of anilines is 4. The molecular formula is C45H50N6O6. The quantitative estimate of drug-likeness (QED) is 0.0669. The summed E-state index contributed by atoms with van der Waals surface area (Å²) in [6.07, 6.45) is 7.99. The molecule has 0 bridgehead atoms. The third-order valence-corrected chi connectivity index (χ3v) is 10.9. The van der Waals surface area contributed by atoms with E-state index < -0.39 is 23.5 Å². The Balaban J connectivity index is 1.18. The Hall–Kier alpha value is -5.66. The van der Waals surface area contributed by atoms with Crippen molar-refractivity contribution in [3.05, 3.63) is 138 Å². The minimum atomic E-state index is -1.95. The van der Waals surface area contributed by atoms with Gasteiger partial charge in [0.25, 0.3) is 5.91 Å². The first-order valence-corrected chi connectivity index (χ1v) is 19.7. The summed E-state index contributed by atoms with van der Waals surface area (Å²) in [6.45, 7) is 5.32. The fourth-order valence-corrected chi connectivity index (χ4v) is 7.84. The van der Waals surface area contributed by atoms with Crippen LogP contribution in [-0.4, -0.2) is 74.5 Å². The lowest BCUT2D eigenvalue weighted by molar-refractivity contribution is -0.138. The summed E-state index contributed by atoms with van der Waals surface area (Å²) < 4.78 is 7.54. The summed E-state index contributed by atoms with van der Waals surface area (Å²) in [4.78, 5) is 32.1. The molecule has 1 aromatic heterocycles. The van der Waals surface area contributed by atoms with E-state index in [1.54, 1.807) is 26.6 Å². The van der Waals surface area contributed by atoms with Crippen molar-refractivity contribution >= 4 is 34.6 Å². The van der Waals surface area contributed by atoms with Gasteiger partial charge < -0.3 is 25.4 Å². The number of amides is 2. The van der Waals surface area contributed by atoms with Crippen LogP contribution in [0.4, 0.5) is 22.7 Å². The van der Waals surface area contributed by atoms with Crippen molar-refractivity contribution in [3.8, 4) is 5.75 Å². The van der Waals surface area contributed by atoms with E-state index in [-0.39, 0.29) is 25.0 Å². The van der Waals surface area contributed by atoms with Gasteiger partial charge in [-0.05, 0) is 98.8 Å². The van der Waals surface area contributed by atoms with Crippen LogP contribution in [0.2, 0.25) is 0 Å². The first-order valence-electron chi connectivity index (χ1n) is 19.7. The van der Waals surface area contributed by atoms with E-state index in [1.165, 1.54) is 0 Å². The molecule has 12 heteroatoms. The molecule has 57 heavy (non-hydrogen) atoms. The van der Waals surface area contributed by atoms with Gasteiger partial charge in [0.05, 0.1) is 42.2 Å². The Kier molecular flexibility index (Phi) is 12.2. The number of aliphatic hydroxyl groups is 3. The van der Waals surface area contributed by atoms with Crippen LogP contribution in [0.1, 0.15) is 61.4 Å². The van der Waals surface area contributed by atoms with Crippen molar-refractivity contribution in [2.24, 2.45) is 5.92 Å². The number of aliphatic hydroxyl groups excluding tert-OH is 2. The molecule has 2 amide bonds. The molecule has 296 valence electrons. The predicted octanol–water partition coefficient (Wildman–Crippen LogP) is 5.90. The first-order chi connectivity index (χ1) is 27.8. The lowest BCUT2D eigenvalue weighted by atomic mass is 9.82. The molecular weight excluding hydrogens is 721 g/mol. The number of carbonyl (C=O) groups is 2. The van der Waals surface area contributed by atoms with Gasteiger partial charge in [-0.3, -0.25) is 24.1 Å². The van der Waals surface area contributed by atoms with Gasteiger partial charge >= 0.3 is 0 Å². The molecule has 4 aromatic carbocycles. The van der Waals surface area contributed by atoms with Crippen molar-refractivity contribution in [3.63, 3.8) is 0 Å². The normalized spacial score (nSPS) is 18.9. The highest BCUT2D eigenvalue weighted by atomic mass is 16.5. The standard InChI is InChI=1S/C45H50N6O6/c1-3-57-36-20-22-41-33(26-36)27-39(46-23-11-13-25-52)43(54)50(41)35-19-21-42-38(28-35)45(56,44(55)51(42)34-17-8-5-9-18-34)31(2)14-10-12-24-49-29-40(47-48-49)37(30-53)32-15-6-4-7-16-32/h4-10,14-22,26,28-29,31,37,39,46,52-53,56H,3,11-13,23-25,27,30H2,1-2H3/b14-10+/t31-,37?,39?,45+/m1/s1. The van der Waals surface area contributed by atoms with Crippen LogP contribution in [0.5, 0.6) is 5.75 Å². The summed E-state index contributed by atoms with van der Waals surface area (Å²) in [7, 11) is 0. The van der Waals surface area contributed by atoms with E-state index in [9.17, 15) is 24.9 Å². The lowest BCUT2D eigenvalue weighted by Gasteiger charge is -2.35. The third-order valence-electron chi connectivity index (χ3n) is 10.9. The minimum absolute atomic E-state index is 0.0843. The van der Waals surface area contributed by atoms with Crippen LogP contribution in [0, 0.1) is 5.92 Å². The molecule has 0 spiro atoms. The van der Waals surface area contributed by atoms with Gasteiger partial charge in [0.1, 0.15) is 5.75 Å². The van der Waals surface area contributed by atoms with Crippen LogP contribution in [-0.2, 0) is 28.2 Å². The van der Waals surface area contributed by atoms with Gasteiger partial charge in [-0.15, -0.1) is 5.10 Å². The van der Waals surface area contributed by atoms with Crippen LogP contribution < -0.4 is 19.9 Å². The number of nitrogens with zero attached hydrogens (tertiary/aromatic N) is 5. The molecule has 0 radical (unpaired) electrons. The number of fused-ring (bicyclic) bond motifs is 2. The largest absolute Gasteiger partial charge is 0.494 e. The third kappa shape index (κ3) is 7.99. The van der Waals surface area contributed by atoms with Crippen molar-refractivity contribution < 1.29 is 29.6 Å². The Morgan fingerprint density at radius 2 is 1.68 bits per heavy atom. The van der Waals surface area contributed by atoms with Gasteiger partial charge in [0.15, 0.2) is 5.60 Å². The van der Waals surface area contributed by atoms with Gasteiger partial charge in [-0.1, -0.05) is 72.8 Å². The average molecular weight is 771 g/mol. The first kappa shape index (κ1) is 39.6. The smallest absolute Gasteiger partial charge is 0.268 e. The van der Waals surface area contributed by atoms with Crippen molar-refractivity contribution in [1.82, 2.24) is 20.3 Å². The summed E-state index contributed by atoms with van der Waals surface area (Å²) in [5.41, 5.74) is 3.42. The molecule has 2 aliphatic rings. The maximum atomic E-state index is 14.5. The molecule has 2 unspecified atom stereocenters. The molecule has 0 saturated carbocycles. The molecule has 7 rings (SSSR count). The zero-order chi connectivity index (χ0) is 39.9. The van der Waals surface area contributed by atoms with E-state index >= 15 is 0 Å². The molecule has 12 nitrogen and oxygen atoms in total. The van der Waals surface area contributed by atoms with Crippen LogP contribution in [0.25, 0.3) is 0 Å². The van der Waals surface area contributed by atoms with Crippen LogP contribution in [0.3, 0.4) is 0 Å². The summed E-state index contributed by atoms with van der Waals surface area (Å²) in [5.74, 6) is -0.860. The number of para-hydroxylation sites is 1. The number of aryl methyl sites for hydroxylation is 1. The predicted molar refractivity (Wildman–Crippen MR) is 219 cm³/mol. The number of rotatable bonds is 17. The van der Waals surface area contributed by atoms with Crippen molar-refractivity contribution in [2.75, 3.05) is 36.2 Å². The van der Waals surface area contributed by atoms with E-state index in [0.29, 0.717) is 78.7 Å². The molecule has 4 atom stereocenters. The molecule has 0 saturated heterocycles. The Labute approximate surface area is 333 Å². The van der Waals surface area contributed by atoms with Crippen LogP contribution >= 0.6 is 0 Å². The number of hydrogen-bond acceptors (Lipinski definition) is 9. The minimum Gasteiger partial charge on any atom is -0.494 e. The van der Waals surface area contributed by atoms with E-state index in [1.807, 2.05) is 117 Å². The second kappa shape index (κ2) is 17.6. The van der Waals surface area contributed by atoms with Gasteiger partial charge in [-0.2, -0.15) is 0 Å². The second-order valence-electron chi connectivity index (χ2n) is 14.5. The van der Waals surface area contributed by atoms with Crippen molar-refractivity contribution in [1.29, 1.82) is 0 Å². The number of ether oxygens (including phenoxy) is 1. The number of hydrogen-bond donors (Lipinski definition) is 4. The van der Waals surface area contributed by atoms with Crippen LogP contribution in [0.15, 0.2) is 115 Å². The zero-order valence-electron chi connectivity index (χ0n) is 32.4. The van der Waals surface area contributed by atoms with E-state index in [0.717, 1.165) is 17.5 Å². The molecule has 0 fully saturated rings. The summed E-state index contributed by atoms with van der Waals surface area (Å²) in [5, 5.41) is 44.1. The number of nitrogens with one attached hydrogen (secondary N) is 1. The Morgan fingerprint density at radius 3 is 2.42 bits per heavy atom. The maximum absolute atomic E-state index is 14.5. The maximum Gasteiger partial charge on any atom is 0.268 e. The Morgan fingerprint density at radius 1 is 0.930 bits per heavy atom.